The molecule has 2 aliphatic heterocycles. The highest BCUT2D eigenvalue weighted by Crippen LogP contribution is 2.35. The van der Waals surface area contributed by atoms with Crippen LogP contribution in [0.4, 0.5) is 0 Å². The minimum atomic E-state index is -0.0753. The molecule has 2 saturated heterocycles. The molecule has 0 saturated carbocycles. The van der Waals surface area contributed by atoms with Gasteiger partial charge in [-0.05, 0) is 30.5 Å². The number of ether oxygens (including phenoxy) is 1. The molecule has 2 aliphatic rings. The standard InChI is InChI=1S/C19H26N6O2/c1-23-15-21-17(22-23)18(26)25-8-4-19(5-9-25)13-24(10-11-27-14-19)12-16-2-6-20-7-3-16/h2-3,6-7,15H,4-5,8-14H2,1H3. The van der Waals surface area contributed by atoms with Gasteiger partial charge in [-0.15, -0.1) is 5.10 Å². The number of hydrogen-bond donors (Lipinski definition) is 0. The van der Waals surface area contributed by atoms with Crippen molar-refractivity contribution in [2.45, 2.75) is 19.4 Å². The number of likely N-dealkylation sites (tertiary alicyclic amines) is 1. The monoisotopic (exact) mass is 370 g/mol. The Bertz CT molecular complexity index is 770. The fraction of sp³-hybridized carbons (Fsp3) is 0.579. The van der Waals surface area contributed by atoms with E-state index in [9.17, 15) is 4.79 Å². The molecule has 0 N–H and O–H groups in total. The molecule has 27 heavy (non-hydrogen) atoms. The van der Waals surface area contributed by atoms with Crippen LogP contribution < -0.4 is 0 Å². The van der Waals surface area contributed by atoms with Gasteiger partial charge in [0, 0.05) is 57.6 Å². The van der Waals surface area contributed by atoms with Crippen molar-refractivity contribution in [3.8, 4) is 0 Å². The second-order valence-electron chi connectivity index (χ2n) is 7.65. The number of nitrogens with zero attached hydrogens (tertiary/aromatic N) is 6. The van der Waals surface area contributed by atoms with Gasteiger partial charge in [-0.1, -0.05) is 0 Å². The quantitative estimate of drug-likeness (QED) is 0.801. The summed E-state index contributed by atoms with van der Waals surface area (Å²) in [4.78, 5) is 25.1. The molecular weight excluding hydrogens is 344 g/mol. The summed E-state index contributed by atoms with van der Waals surface area (Å²) in [7, 11) is 1.77. The lowest BCUT2D eigenvalue weighted by molar-refractivity contribution is 0.0141. The van der Waals surface area contributed by atoms with Crippen molar-refractivity contribution < 1.29 is 9.53 Å². The van der Waals surface area contributed by atoms with Gasteiger partial charge in [0.15, 0.2) is 0 Å². The van der Waals surface area contributed by atoms with Gasteiger partial charge in [-0.3, -0.25) is 19.4 Å². The molecule has 0 bridgehead atoms. The van der Waals surface area contributed by atoms with E-state index in [4.69, 9.17) is 4.74 Å². The van der Waals surface area contributed by atoms with Gasteiger partial charge in [-0.25, -0.2) is 4.98 Å². The number of rotatable bonds is 3. The van der Waals surface area contributed by atoms with E-state index in [-0.39, 0.29) is 17.1 Å². The molecule has 0 atom stereocenters. The summed E-state index contributed by atoms with van der Waals surface area (Å²) in [6, 6.07) is 4.14. The zero-order valence-electron chi connectivity index (χ0n) is 15.8. The maximum absolute atomic E-state index is 12.6. The van der Waals surface area contributed by atoms with Crippen LogP contribution >= 0.6 is 0 Å². The normalized spacial score (nSPS) is 20.6. The van der Waals surface area contributed by atoms with E-state index in [1.54, 1.807) is 18.1 Å². The summed E-state index contributed by atoms with van der Waals surface area (Å²) in [6.45, 7) is 5.82. The highest BCUT2D eigenvalue weighted by Gasteiger charge is 2.39. The van der Waals surface area contributed by atoms with E-state index in [0.717, 1.165) is 58.8 Å². The van der Waals surface area contributed by atoms with E-state index in [1.807, 2.05) is 17.3 Å². The molecule has 4 rings (SSSR count). The van der Waals surface area contributed by atoms with Crippen LogP contribution in [0, 0.1) is 5.41 Å². The van der Waals surface area contributed by atoms with Crippen LogP contribution in [0.5, 0.6) is 0 Å². The molecule has 0 unspecified atom stereocenters. The lowest BCUT2D eigenvalue weighted by atomic mass is 9.78. The predicted octanol–water partition coefficient (Wildman–Crippen LogP) is 0.965. The topological polar surface area (TPSA) is 76.4 Å². The molecule has 2 fully saturated rings. The van der Waals surface area contributed by atoms with Crippen molar-refractivity contribution in [3.05, 3.63) is 42.2 Å². The van der Waals surface area contributed by atoms with Crippen molar-refractivity contribution in [2.24, 2.45) is 12.5 Å². The zero-order valence-corrected chi connectivity index (χ0v) is 15.8. The lowest BCUT2D eigenvalue weighted by Crippen LogP contribution is -2.49. The lowest BCUT2D eigenvalue weighted by Gasteiger charge is -2.42. The maximum atomic E-state index is 12.6. The third kappa shape index (κ3) is 4.17. The largest absolute Gasteiger partial charge is 0.379 e. The van der Waals surface area contributed by atoms with Crippen molar-refractivity contribution in [1.82, 2.24) is 29.5 Å². The summed E-state index contributed by atoms with van der Waals surface area (Å²) in [6.07, 6.45) is 7.13. The van der Waals surface area contributed by atoms with Crippen molar-refractivity contribution >= 4 is 5.91 Å². The molecule has 8 heteroatoms. The molecule has 0 aliphatic carbocycles. The number of hydrogen-bond acceptors (Lipinski definition) is 6. The van der Waals surface area contributed by atoms with Gasteiger partial charge >= 0.3 is 0 Å². The first kappa shape index (κ1) is 18.1. The van der Waals surface area contributed by atoms with Crippen LogP contribution in [0.2, 0.25) is 0 Å². The van der Waals surface area contributed by atoms with E-state index >= 15 is 0 Å². The number of carbonyl (C=O) groups is 1. The molecule has 2 aromatic rings. The Labute approximate surface area is 159 Å². The van der Waals surface area contributed by atoms with Crippen LogP contribution in [-0.2, 0) is 18.3 Å². The first-order valence-corrected chi connectivity index (χ1v) is 9.48. The second-order valence-corrected chi connectivity index (χ2v) is 7.65. The van der Waals surface area contributed by atoms with Crippen LogP contribution in [0.15, 0.2) is 30.9 Å². The number of amides is 1. The minimum absolute atomic E-state index is 0.0753. The summed E-state index contributed by atoms with van der Waals surface area (Å²) < 4.78 is 7.52. The highest BCUT2D eigenvalue weighted by atomic mass is 16.5. The third-order valence-electron chi connectivity index (χ3n) is 5.58. The maximum Gasteiger partial charge on any atom is 0.293 e. The Balaban J connectivity index is 1.39. The van der Waals surface area contributed by atoms with E-state index in [2.05, 4.69) is 32.1 Å². The number of carbonyl (C=O) groups excluding carboxylic acids is 1. The number of aryl methyl sites for hydroxylation is 1. The molecule has 1 spiro atoms. The van der Waals surface area contributed by atoms with Crippen LogP contribution in [0.3, 0.4) is 0 Å². The fourth-order valence-corrected chi connectivity index (χ4v) is 4.03. The van der Waals surface area contributed by atoms with E-state index in [0.29, 0.717) is 0 Å². The van der Waals surface area contributed by atoms with Gasteiger partial charge in [0.05, 0.1) is 13.2 Å². The molecule has 0 aromatic carbocycles. The van der Waals surface area contributed by atoms with Gasteiger partial charge in [0.25, 0.3) is 5.91 Å². The molecule has 8 nitrogen and oxygen atoms in total. The Hall–Kier alpha value is -2.32. The second kappa shape index (κ2) is 7.74. The van der Waals surface area contributed by atoms with Gasteiger partial charge in [0.1, 0.15) is 6.33 Å². The van der Waals surface area contributed by atoms with Crippen LogP contribution in [0.25, 0.3) is 0 Å². The van der Waals surface area contributed by atoms with Gasteiger partial charge < -0.3 is 9.64 Å². The van der Waals surface area contributed by atoms with E-state index in [1.165, 1.54) is 5.56 Å². The SMILES string of the molecule is Cn1cnc(C(=O)N2CCC3(CC2)COCCN(Cc2ccncc2)C3)n1. The Morgan fingerprint density at radius 1 is 1.22 bits per heavy atom. The van der Waals surface area contributed by atoms with Crippen LogP contribution in [-0.4, -0.2) is 74.8 Å². The number of piperidine rings is 1. The van der Waals surface area contributed by atoms with Crippen LogP contribution in [0.1, 0.15) is 29.0 Å². The van der Waals surface area contributed by atoms with Crippen molar-refractivity contribution in [1.29, 1.82) is 0 Å². The third-order valence-corrected chi connectivity index (χ3v) is 5.58. The first-order valence-electron chi connectivity index (χ1n) is 9.48. The number of aromatic nitrogens is 4. The summed E-state index contributed by atoms with van der Waals surface area (Å²) in [5.74, 6) is 0.207. The van der Waals surface area contributed by atoms with Crippen molar-refractivity contribution in [3.63, 3.8) is 0 Å². The zero-order chi connectivity index (χ0) is 18.7. The fourth-order valence-electron chi connectivity index (χ4n) is 4.03. The minimum Gasteiger partial charge on any atom is -0.379 e. The van der Waals surface area contributed by atoms with Gasteiger partial charge in [0.2, 0.25) is 5.82 Å². The molecule has 2 aromatic heterocycles. The molecule has 4 heterocycles. The highest BCUT2D eigenvalue weighted by molar-refractivity contribution is 5.90. The Morgan fingerprint density at radius 3 is 2.70 bits per heavy atom. The molecule has 0 radical (unpaired) electrons. The Morgan fingerprint density at radius 2 is 2.00 bits per heavy atom. The first-order chi connectivity index (χ1) is 13.1. The molecule has 144 valence electrons. The van der Waals surface area contributed by atoms with Crippen molar-refractivity contribution in [2.75, 3.05) is 39.4 Å². The molecular formula is C19H26N6O2. The average Bonchev–Trinajstić information content (AvgIpc) is 3.03. The average molecular weight is 370 g/mol. The smallest absolute Gasteiger partial charge is 0.293 e. The molecule has 1 amide bonds. The van der Waals surface area contributed by atoms with Gasteiger partial charge in [-0.2, -0.15) is 0 Å². The number of pyridine rings is 1. The van der Waals surface area contributed by atoms with E-state index < -0.39 is 0 Å². The summed E-state index contributed by atoms with van der Waals surface area (Å²) in [5.41, 5.74) is 1.38. The Kier molecular flexibility index (Phi) is 5.18. The summed E-state index contributed by atoms with van der Waals surface area (Å²) >= 11 is 0. The summed E-state index contributed by atoms with van der Waals surface area (Å²) in [5, 5.41) is 4.14. The predicted molar refractivity (Wildman–Crippen MR) is 98.9 cm³/mol.